The number of rotatable bonds is 5. The van der Waals surface area contributed by atoms with Gasteiger partial charge in [0.15, 0.2) is 0 Å². The minimum absolute atomic E-state index is 0.0551. The Morgan fingerprint density at radius 2 is 2.00 bits per heavy atom. The van der Waals surface area contributed by atoms with E-state index in [4.69, 9.17) is 11.6 Å². The molecule has 3 nitrogen and oxygen atoms in total. The van der Waals surface area contributed by atoms with E-state index in [-0.39, 0.29) is 5.91 Å². The van der Waals surface area contributed by atoms with Crippen molar-refractivity contribution in [1.82, 2.24) is 10.3 Å². The highest BCUT2D eigenvalue weighted by Crippen LogP contribution is 2.09. The van der Waals surface area contributed by atoms with Gasteiger partial charge in [-0.3, -0.25) is 4.79 Å². The summed E-state index contributed by atoms with van der Waals surface area (Å²) in [4.78, 5) is 14.7. The van der Waals surface area contributed by atoms with Crippen molar-refractivity contribution in [2.45, 2.75) is 19.4 Å². The molecule has 1 amide bonds. The predicted molar refractivity (Wildman–Crippen MR) is 72.4 cm³/mol. The number of aromatic amines is 1. The van der Waals surface area contributed by atoms with Gasteiger partial charge in [0, 0.05) is 29.9 Å². The van der Waals surface area contributed by atoms with E-state index in [0.717, 1.165) is 17.7 Å². The Labute approximate surface area is 111 Å². The maximum atomic E-state index is 11.6. The van der Waals surface area contributed by atoms with E-state index in [1.165, 1.54) is 0 Å². The number of aryl methyl sites for hydroxylation is 1. The minimum Gasteiger partial charge on any atom is -0.365 e. The Bertz CT molecular complexity index is 491. The summed E-state index contributed by atoms with van der Waals surface area (Å²) in [6.45, 7) is 0.542. The molecule has 0 bridgehead atoms. The first kappa shape index (κ1) is 12.7. The number of carbonyl (C=O) groups excluding carboxylic acids is 1. The van der Waals surface area contributed by atoms with Crippen LogP contribution < -0.4 is 5.32 Å². The van der Waals surface area contributed by atoms with Gasteiger partial charge in [-0.2, -0.15) is 0 Å². The van der Waals surface area contributed by atoms with Gasteiger partial charge in [0.1, 0.15) is 0 Å². The summed E-state index contributed by atoms with van der Waals surface area (Å²) in [5.74, 6) is 0.0551. The van der Waals surface area contributed by atoms with Crippen LogP contribution in [0.25, 0.3) is 0 Å². The second-order valence-corrected chi connectivity index (χ2v) is 4.53. The number of H-pyrrole nitrogens is 1. The van der Waals surface area contributed by atoms with Gasteiger partial charge in [-0.05, 0) is 36.2 Å². The van der Waals surface area contributed by atoms with Gasteiger partial charge < -0.3 is 10.3 Å². The molecule has 94 valence electrons. The van der Waals surface area contributed by atoms with Crippen molar-refractivity contribution < 1.29 is 4.79 Å². The molecule has 1 aromatic heterocycles. The summed E-state index contributed by atoms with van der Waals surface area (Å²) in [5.41, 5.74) is 2.13. The van der Waals surface area contributed by atoms with Crippen molar-refractivity contribution >= 4 is 17.5 Å². The van der Waals surface area contributed by atoms with Crippen molar-refractivity contribution in [3.63, 3.8) is 0 Å². The molecule has 0 saturated heterocycles. The molecule has 0 atom stereocenters. The number of hydrogen-bond donors (Lipinski definition) is 2. The highest BCUT2D eigenvalue weighted by atomic mass is 35.5. The molecule has 0 saturated carbocycles. The molecule has 2 rings (SSSR count). The molecular weight excluding hydrogens is 248 g/mol. The zero-order valence-electron chi connectivity index (χ0n) is 9.95. The molecule has 0 fully saturated rings. The summed E-state index contributed by atoms with van der Waals surface area (Å²) in [6, 6.07) is 11.4. The monoisotopic (exact) mass is 262 g/mol. The summed E-state index contributed by atoms with van der Waals surface area (Å²) >= 11 is 5.79. The van der Waals surface area contributed by atoms with Crippen LogP contribution >= 0.6 is 11.6 Å². The first-order valence-electron chi connectivity index (χ1n) is 5.87. The van der Waals surface area contributed by atoms with Crippen LogP contribution in [-0.4, -0.2) is 10.9 Å². The van der Waals surface area contributed by atoms with Gasteiger partial charge in [-0.25, -0.2) is 0 Å². The van der Waals surface area contributed by atoms with Crippen LogP contribution in [0.2, 0.25) is 5.02 Å². The van der Waals surface area contributed by atoms with Crippen molar-refractivity contribution in [3.05, 3.63) is 58.9 Å². The summed E-state index contributed by atoms with van der Waals surface area (Å²) in [5, 5.41) is 3.59. The third kappa shape index (κ3) is 3.93. The van der Waals surface area contributed by atoms with E-state index in [2.05, 4.69) is 10.3 Å². The average molecular weight is 263 g/mol. The van der Waals surface area contributed by atoms with E-state index in [1.807, 2.05) is 42.6 Å². The lowest BCUT2D eigenvalue weighted by molar-refractivity contribution is -0.121. The Balaban J connectivity index is 1.73. The van der Waals surface area contributed by atoms with Crippen LogP contribution in [0, 0.1) is 0 Å². The Morgan fingerprint density at radius 1 is 1.22 bits per heavy atom. The predicted octanol–water partition coefficient (Wildman–Crippen LogP) is 2.92. The zero-order valence-corrected chi connectivity index (χ0v) is 10.7. The van der Waals surface area contributed by atoms with Crippen LogP contribution in [-0.2, 0) is 17.8 Å². The lowest BCUT2D eigenvalue weighted by atomic mass is 10.2. The summed E-state index contributed by atoms with van der Waals surface area (Å²) in [7, 11) is 0. The Hall–Kier alpha value is -1.74. The van der Waals surface area contributed by atoms with Gasteiger partial charge in [-0.15, -0.1) is 0 Å². The van der Waals surface area contributed by atoms with E-state index < -0.39 is 0 Å². The van der Waals surface area contributed by atoms with Crippen molar-refractivity contribution in [2.24, 2.45) is 0 Å². The van der Waals surface area contributed by atoms with Gasteiger partial charge in [0.25, 0.3) is 0 Å². The van der Waals surface area contributed by atoms with Gasteiger partial charge in [0.05, 0.1) is 0 Å². The number of halogens is 1. The Kier molecular flexibility index (Phi) is 4.42. The quantitative estimate of drug-likeness (QED) is 0.855. The van der Waals surface area contributed by atoms with Crippen LogP contribution in [0.4, 0.5) is 0 Å². The van der Waals surface area contributed by atoms with Gasteiger partial charge in [-0.1, -0.05) is 23.7 Å². The molecule has 2 N–H and O–H groups in total. The number of amides is 1. The smallest absolute Gasteiger partial charge is 0.220 e. The number of carbonyl (C=O) groups is 1. The van der Waals surface area contributed by atoms with Crippen molar-refractivity contribution in [1.29, 1.82) is 0 Å². The first-order valence-corrected chi connectivity index (χ1v) is 6.25. The molecular formula is C14H15ClN2O. The SMILES string of the molecule is O=C(CCc1ccc[nH]1)NCc1ccc(Cl)cc1. The molecule has 18 heavy (non-hydrogen) atoms. The van der Waals surface area contributed by atoms with E-state index in [0.29, 0.717) is 18.0 Å². The molecule has 0 aliphatic heterocycles. The fourth-order valence-electron chi connectivity index (χ4n) is 1.66. The van der Waals surface area contributed by atoms with Crippen LogP contribution in [0.1, 0.15) is 17.7 Å². The summed E-state index contributed by atoms with van der Waals surface area (Å²) in [6.07, 6.45) is 3.09. The molecule has 2 aromatic rings. The number of aromatic nitrogens is 1. The van der Waals surface area contributed by atoms with E-state index in [9.17, 15) is 4.79 Å². The highest BCUT2D eigenvalue weighted by Gasteiger charge is 2.02. The van der Waals surface area contributed by atoms with Gasteiger partial charge >= 0.3 is 0 Å². The third-order valence-electron chi connectivity index (χ3n) is 2.69. The Morgan fingerprint density at radius 3 is 2.67 bits per heavy atom. The van der Waals surface area contributed by atoms with Crippen LogP contribution in [0.3, 0.4) is 0 Å². The normalized spacial score (nSPS) is 10.3. The third-order valence-corrected chi connectivity index (χ3v) is 2.94. The standard InChI is InChI=1S/C14H15ClN2O/c15-12-5-3-11(4-6-12)10-17-14(18)8-7-13-2-1-9-16-13/h1-6,9,16H,7-8,10H2,(H,17,18). The zero-order chi connectivity index (χ0) is 12.8. The fourth-order valence-corrected chi connectivity index (χ4v) is 1.79. The highest BCUT2D eigenvalue weighted by molar-refractivity contribution is 6.30. The molecule has 0 spiro atoms. The van der Waals surface area contributed by atoms with Gasteiger partial charge in [0.2, 0.25) is 5.91 Å². The largest absolute Gasteiger partial charge is 0.365 e. The maximum absolute atomic E-state index is 11.6. The molecule has 4 heteroatoms. The lowest BCUT2D eigenvalue weighted by Crippen LogP contribution is -2.22. The number of hydrogen-bond acceptors (Lipinski definition) is 1. The van der Waals surface area contributed by atoms with Crippen molar-refractivity contribution in [3.8, 4) is 0 Å². The molecule has 1 heterocycles. The second kappa shape index (κ2) is 6.26. The summed E-state index contributed by atoms with van der Waals surface area (Å²) < 4.78 is 0. The maximum Gasteiger partial charge on any atom is 0.220 e. The topological polar surface area (TPSA) is 44.9 Å². The molecule has 1 aromatic carbocycles. The molecule has 0 unspecified atom stereocenters. The fraction of sp³-hybridized carbons (Fsp3) is 0.214. The number of benzene rings is 1. The van der Waals surface area contributed by atoms with E-state index >= 15 is 0 Å². The van der Waals surface area contributed by atoms with Crippen LogP contribution in [0.15, 0.2) is 42.6 Å². The average Bonchev–Trinajstić information content (AvgIpc) is 2.89. The molecule has 0 aliphatic carbocycles. The molecule has 0 aliphatic rings. The van der Waals surface area contributed by atoms with E-state index in [1.54, 1.807) is 0 Å². The number of nitrogens with one attached hydrogen (secondary N) is 2. The van der Waals surface area contributed by atoms with Crippen molar-refractivity contribution in [2.75, 3.05) is 0 Å². The minimum atomic E-state index is 0.0551. The first-order chi connectivity index (χ1) is 8.74. The lowest BCUT2D eigenvalue weighted by Gasteiger charge is -2.05. The molecule has 0 radical (unpaired) electrons. The van der Waals surface area contributed by atoms with Crippen LogP contribution in [0.5, 0.6) is 0 Å². The second-order valence-electron chi connectivity index (χ2n) is 4.10.